The molecule has 0 fully saturated rings. The highest BCUT2D eigenvalue weighted by Gasteiger charge is 2.28. The van der Waals surface area contributed by atoms with Crippen LogP contribution in [0.25, 0.3) is 21.8 Å². The van der Waals surface area contributed by atoms with Gasteiger partial charge in [-0.1, -0.05) is 18.2 Å². The lowest BCUT2D eigenvalue weighted by Gasteiger charge is -2.13. The van der Waals surface area contributed by atoms with Crippen molar-refractivity contribution >= 4 is 50.7 Å². The van der Waals surface area contributed by atoms with Crippen molar-refractivity contribution in [2.24, 2.45) is 5.10 Å². The van der Waals surface area contributed by atoms with Gasteiger partial charge in [-0.25, -0.2) is 5.43 Å². The normalized spacial score (nSPS) is 13.9. The van der Waals surface area contributed by atoms with Gasteiger partial charge in [0.15, 0.2) is 5.76 Å². The number of benzene rings is 3. The lowest BCUT2D eigenvalue weighted by atomic mass is 9.93. The fourth-order valence-electron chi connectivity index (χ4n) is 5.57. The molecule has 10 heteroatoms. The second kappa shape index (κ2) is 10.4. The van der Waals surface area contributed by atoms with E-state index in [1.165, 1.54) is 24.3 Å². The van der Waals surface area contributed by atoms with Crippen molar-refractivity contribution in [3.63, 3.8) is 0 Å². The van der Waals surface area contributed by atoms with E-state index < -0.39 is 10.8 Å². The summed E-state index contributed by atoms with van der Waals surface area (Å²) in [5.41, 5.74) is 7.61. The Hall–Kier alpha value is -5.25. The molecule has 0 spiro atoms. The summed E-state index contributed by atoms with van der Waals surface area (Å²) in [4.78, 5) is 36.3. The van der Waals surface area contributed by atoms with Gasteiger partial charge in [0.1, 0.15) is 5.76 Å². The van der Waals surface area contributed by atoms with Crippen molar-refractivity contribution < 1.29 is 18.9 Å². The number of nitrogens with one attached hydrogen (secondary N) is 2. The molecule has 0 aliphatic heterocycles. The Kier molecular flexibility index (Phi) is 6.58. The highest BCUT2D eigenvalue weighted by molar-refractivity contribution is 6.12. The summed E-state index contributed by atoms with van der Waals surface area (Å²) in [7, 11) is 0. The van der Waals surface area contributed by atoms with Gasteiger partial charge in [0, 0.05) is 69.3 Å². The average Bonchev–Trinajstić information content (AvgIpc) is 3.50. The Morgan fingerprint density at radius 2 is 1.76 bits per heavy atom. The number of fused-ring (bicyclic) bond motifs is 4. The Balaban J connectivity index is 1.24. The molecule has 6 rings (SSSR count). The van der Waals surface area contributed by atoms with Crippen molar-refractivity contribution in [3.8, 4) is 0 Å². The fraction of sp³-hybridized carbons (Fsp3) is 0.194. The molecule has 1 aliphatic rings. The summed E-state index contributed by atoms with van der Waals surface area (Å²) in [5.74, 6) is 0.0225. The summed E-state index contributed by atoms with van der Waals surface area (Å²) in [5, 5.41) is 20.4. The number of hydrogen-bond donors (Lipinski definition) is 2. The van der Waals surface area contributed by atoms with Crippen LogP contribution < -0.4 is 10.7 Å². The van der Waals surface area contributed by atoms with E-state index in [0.29, 0.717) is 35.6 Å². The number of hydrogen-bond acceptors (Lipinski definition) is 6. The maximum absolute atomic E-state index is 13.4. The first-order valence-corrected chi connectivity index (χ1v) is 13.4. The number of anilines is 1. The second-order valence-electron chi connectivity index (χ2n) is 9.96. The maximum atomic E-state index is 13.4. The van der Waals surface area contributed by atoms with Crippen molar-refractivity contribution in [2.75, 3.05) is 5.32 Å². The van der Waals surface area contributed by atoms with Crippen LogP contribution >= 0.6 is 0 Å². The fourth-order valence-corrected chi connectivity index (χ4v) is 5.57. The average molecular weight is 550 g/mol. The molecule has 1 aliphatic carbocycles. The van der Waals surface area contributed by atoms with E-state index in [9.17, 15) is 19.7 Å². The molecule has 0 saturated heterocycles. The number of nitro groups is 1. The minimum Gasteiger partial charge on any atom is -0.455 e. The molecule has 0 atom stereocenters. The van der Waals surface area contributed by atoms with Gasteiger partial charge >= 0.3 is 0 Å². The molecular formula is C31H27N5O5. The standard InChI is InChI=1S/C31H27N5O5/c1-3-35-25-9-5-4-7-22(25)23-17-20(13-16-26(23)35)32-31(38)29-18(2)28-24(8-6-10-27(28)41-29)33-34-30(37)19-11-14-21(15-12-19)36(39)40/h4-5,7,9,11-17H,3,6,8,10H2,1-2H3,(H,32,38)(H,34,37)/b33-24+. The van der Waals surface area contributed by atoms with Crippen molar-refractivity contribution in [1.82, 2.24) is 9.99 Å². The van der Waals surface area contributed by atoms with E-state index in [4.69, 9.17) is 4.42 Å². The smallest absolute Gasteiger partial charge is 0.291 e. The molecule has 2 N–H and O–H groups in total. The van der Waals surface area contributed by atoms with Crippen molar-refractivity contribution in [3.05, 3.63) is 105 Å². The van der Waals surface area contributed by atoms with E-state index >= 15 is 0 Å². The lowest BCUT2D eigenvalue weighted by Crippen LogP contribution is -2.22. The van der Waals surface area contributed by atoms with Crippen molar-refractivity contribution in [1.29, 1.82) is 0 Å². The summed E-state index contributed by atoms with van der Waals surface area (Å²) in [6, 6.07) is 19.4. The molecule has 41 heavy (non-hydrogen) atoms. The summed E-state index contributed by atoms with van der Waals surface area (Å²) in [6.45, 7) is 4.76. The second-order valence-corrected chi connectivity index (χ2v) is 9.96. The van der Waals surface area contributed by atoms with Crippen LogP contribution in [0.3, 0.4) is 0 Å². The zero-order chi connectivity index (χ0) is 28.7. The van der Waals surface area contributed by atoms with Gasteiger partial charge in [-0.3, -0.25) is 19.7 Å². The Morgan fingerprint density at radius 3 is 2.51 bits per heavy atom. The maximum Gasteiger partial charge on any atom is 0.291 e. The van der Waals surface area contributed by atoms with Crippen LogP contribution in [-0.2, 0) is 13.0 Å². The Morgan fingerprint density at radius 1 is 1.00 bits per heavy atom. The van der Waals surface area contributed by atoms with E-state index in [0.717, 1.165) is 40.3 Å². The molecule has 3 aromatic carbocycles. The van der Waals surface area contributed by atoms with Gasteiger partial charge in [0.05, 0.1) is 10.6 Å². The van der Waals surface area contributed by atoms with Crippen LogP contribution in [0.1, 0.15) is 57.6 Å². The largest absolute Gasteiger partial charge is 0.455 e. The third-order valence-electron chi connectivity index (χ3n) is 7.51. The predicted octanol–water partition coefficient (Wildman–Crippen LogP) is 6.35. The zero-order valence-corrected chi connectivity index (χ0v) is 22.6. The molecule has 206 valence electrons. The molecule has 10 nitrogen and oxygen atoms in total. The van der Waals surface area contributed by atoms with Crippen LogP contribution in [0, 0.1) is 17.0 Å². The molecule has 2 aromatic heterocycles. The van der Waals surface area contributed by atoms with Gasteiger partial charge in [-0.15, -0.1) is 0 Å². The number of carbonyl (C=O) groups excluding carboxylic acids is 2. The molecule has 0 unspecified atom stereocenters. The summed E-state index contributed by atoms with van der Waals surface area (Å²) >= 11 is 0. The number of nitro benzene ring substituents is 1. The third kappa shape index (κ3) is 4.63. The summed E-state index contributed by atoms with van der Waals surface area (Å²) in [6.07, 6.45) is 2.01. The number of carbonyl (C=O) groups is 2. The first-order chi connectivity index (χ1) is 19.9. The Labute approximate surface area is 234 Å². The first kappa shape index (κ1) is 26.0. The topological polar surface area (TPSA) is 132 Å². The SMILES string of the molecule is CCn1c2ccccc2c2cc(NC(=O)c3oc4c(c3C)/C(=N/NC(=O)c3ccc([N+](=O)[O-])cc3)CCC4)ccc21. The minimum atomic E-state index is -0.524. The third-order valence-corrected chi connectivity index (χ3v) is 7.51. The molecule has 2 heterocycles. The van der Waals surface area contributed by atoms with E-state index in [1.807, 2.05) is 37.3 Å². The van der Waals surface area contributed by atoms with Crippen LogP contribution in [0.5, 0.6) is 0 Å². The molecule has 0 radical (unpaired) electrons. The minimum absolute atomic E-state index is 0.0998. The highest BCUT2D eigenvalue weighted by Crippen LogP contribution is 2.33. The Bertz CT molecular complexity index is 1880. The van der Waals surface area contributed by atoms with Gasteiger partial charge in [-0.2, -0.15) is 5.10 Å². The molecular weight excluding hydrogens is 522 g/mol. The van der Waals surface area contributed by atoms with Crippen LogP contribution in [-0.4, -0.2) is 27.0 Å². The van der Waals surface area contributed by atoms with E-state index in [1.54, 1.807) is 0 Å². The number of hydrazone groups is 1. The zero-order valence-electron chi connectivity index (χ0n) is 22.6. The number of para-hydroxylation sites is 1. The van der Waals surface area contributed by atoms with Gasteiger partial charge in [0.25, 0.3) is 17.5 Å². The number of furan rings is 1. The summed E-state index contributed by atoms with van der Waals surface area (Å²) < 4.78 is 8.29. The number of nitrogens with zero attached hydrogens (tertiary/aromatic N) is 3. The number of aromatic nitrogens is 1. The van der Waals surface area contributed by atoms with E-state index in [-0.39, 0.29) is 22.9 Å². The molecule has 2 amide bonds. The van der Waals surface area contributed by atoms with Crippen molar-refractivity contribution in [2.45, 2.75) is 39.7 Å². The number of amides is 2. The number of rotatable bonds is 6. The lowest BCUT2D eigenvalue weighted by molar-refractivity contribution is -0.384. The van der Waals surface area contributed by atoms with Crippen LogP contribution in [0.4, 0.5) is 11.4 Å². The number of aryl methyl sites for hydroxylation is 2. The monoisotopic (exact) mass is 549 g/mol. The molecule has 0 saturated carbocycles. The quantitative estimate of drug-likeness (QED) is 0.188. The molecule has 0 bridgehead atoms. The van der Waals surface area contributed by atoms with Gasteiger partial charge in [0.2, 0.25) is 0 Å². The van der Waals surface area contributed by atoms with Crippen LogP contribution in [0.2, 0.25) is 0 Å². The van der Waals surface area contributed by atoms with Crippen LogP contribution in [0.15, 0.2) is 76.2 Å². The predicted molar refractivity (Wildman–Crippen MR) is 157 cm³/mol. The van der Waals surface area contributed by atoms with E-state index in [2.05, 4.69) is 39.5 Å². The highest BCUT2D eigenvalue weighted by atomic mass is 16.6. The number of non-ortho nitro benzene ring substituents is 1. The van der Waals surface area contributed by atoms with Gasteiger partial charge in [-0.05, 0) is 63.1 Å². The molecule has 5 aromatic rings. The van der Waals surface area contributed by atoms with Gasteiger partial charge < -0.3 is 14.3 Å². The first-order valence-electron chi connectivity index (χ1n) is 13.4.